The summed E-state index contributed by atoms with van der Waals surface area (Å²) < 4.78 is 30.2. The van der Waals surface area contributed by atoms with Crippen LogP contribution in [0.3, 0.4) is 0 Å². The fraction of sp³-hybridized carbons (Fsp3) is 0.316. The number of amides is 1. The molecule has 1 fully saturated rings. The molecule has 2 heterocycles. The van der Waals surface area contributed by atoms with E-state index in [0.29, 0.717) is 55.5 Å². The van der Waals surface area contributed by atoms with Gasteiger partial charge in [-0.1, -0.05) is 23.7 Å². The third-order valence-electron chi connectivity index (χ3n) is 4.46. The highest BCUT2D eigenvalue weighted by Crippen LogP contribution is 2.35. The van der Waals surface area contributed by atoms with Crippen LogP contribution in [0.4, 0.5) is 4.39 Å². The molecule has 0 spiro atoms. The number of carbonyl (C=O) groups is 1. The molecule has 4 rings (SSSR count). The van der Waals surface area contributed by atoms with E-state index < -0.39 is 11.9 Å². The SMILES string of the molecule is O=C(c1cccc2c1OCCO2)N1CCO[C@H](c2ccc(F)cc2Cl)C1. The van der Waals surface area contributed by atoms with Gasteiger partial charge in [-0.2, -0.15) is 0 Å². The van der Waals surface area contributed by atoms with Crippen LogP contribution >= 0.6 is 11.6 Å². The summed E-state index contributed by atoms with van der Waals surface area (Å²) in [5, 5.41) is 0.290. The number of ether oxygens (including phenoxy) is 3. The lowest BCUT2D eigenvalue weighted by Gasteiger charge is -2.34. The Hall–Kier alpha value is -2.31. The molecule has 1 saturated heterocycles. The molecule has 0 N–H and O–H groups in total. The van der Waals surface area contributed by atoms with Gasteiger partial charge >= 0.3 is 0 Å². The molecule has 2 aliphatic heterocycles. The second kappa shape index (κ2) is 7.13. The molecule has 5 nitrogen and oxygen atoms in total. The van der Waals surface area contributed by atoms with Gasteiger partial charge in [-0.05, 0) is 24.3 Å². The van der Waals surface area contributed by atoms with Gasteiger partial charge in [-0.3, -0.25) is 4.79 Å². The first-order valence-electron chi connectivity index (χ1n) is 8.38. The van der Waals surface area contributed by atoms with E-state index in [2.05, 4.69) is 0 Å². The molecule has 0 aliphatic carbocycles. The summed E-state index contributed by atoms with van der Waals surface area (Å²) in [5.74, 6) is 0.495. The van der Waals surface area contributed by atoms with E-state index in [1.807, 2.05) is 0 Å². The van der Waals surface area contributed by atoms with Crippen LogP contribution in [0.15, 0.2) is 36.4 Å². The summed E-state index contributed by atoms with van der Waals surface area (Å²) in [7, 11) is 0. The summed E-state index contributed by atoms with van der Waals surface area (Å²) in [6.07, 6.45) is -0.405. The zero-order valence-corrected chi connectivity index (χ0v) is 14.7. The van der Waals surface area contributed by atoms with Gasteiger partial charge in [0.25, 0.3) is 5.91 Å². The summed E-state index contributed by atoms with van der Waals surface area (Å²) in [6.45, 7) is 2.03. The molecule has 136 valence electrons. The highest BCUT2D eigenvalue weighted by atomic mass is 35.5. The Kier molecular flexibility index (Phi) is 4.70. The van der Waals surface area contributed by atoms with Crippen molar-refractivity contribution >= 4 is 17.5 Å². The molecule has 1 atom stereocenters. The van der Waals surface area contributed by atoms with Gasteiger partial charge in [0.05, 0.1) is 18.7 Å². The van der Waals surface area contributed by atoms with Crippen molar-refractivity contribution in [2.24, 2.45) is 0 Å². The molecular weight excluding hydrogens is 361 g/mol. The van der Waals surface area contributed by atoms with E-state index in [1.165, 1.54) is 12.1 Å². The van der Waals surface area contributed by atoms with E-state index in [-0.39, 0.29) is 10.9 Å². The minimum atomic E-state index is -0.407. The van der Waals surface area contributed by atoms with E-state index >= 15 is 0 Å². The van der Waals surface area contributed by atoms with E-state index in [4.69, 9.17) is 25.8 Å². The molecule has 2 aliphatic rings. The van der Waals surface area contributed by atoms with E-state index in [0.717, 1.165) is 0 Å². The predicted molar refractivity (Wildman–Crippen MR) is 93.4 cm³/mol. The predicted octanol–water partition coefficient (Wildman–Crippen LogP) is 3.46. The standard InChI is InChI=1S/C19H17ClFNO4/c20-15-10-12(21)4-5-13(15)17-11-22(6-7-24-17)19(23)14-2-1-3-16-18(14)26-9-8-25-16/h1-5,10,17H,6-9,11H2/t17-/m0/s1. The van der Waals surface area contributed by atoms with Gasteiger partial charge < -0.3 is 19.1 Å². The van der Waals surface area contributed by atoms with Crippen molar-refractivity contribution in [2.45, 2.75) is 6.10 Å². The average Bonchev–Trinajstić information content (AvgIpc) is 2.67. The molecule has 1 amide bonds. The third kappa shape index (κ3) is 3.22. The Bertz CT molecular complexity index is 844. The number of hydrogen-bond donors (Lipinski definition) is 0. The Morgan fingerprint density at radius 3 is 2.85 bits per heavy atom. The first-order valence-corrected chi connectivity index (χ1v) is 8.76. The van der Waals surface area contributed by atoms with Crippen LogP contribution in [-0.2, 0) is 4.74 Å². The van der Waals surface area contributed by atoms with Crippen molar-refractivity contribution in [1.29, 1.82) is 0 Å². The molecule has 0 radical (unpaired) electrons. The molecular formula is C19H17ClFNO4. The lowest BCUT2D eigenvalue weighted by molar-refractivity contribution is -0.0229. The van der Waals surface area contributed by atoms with Crippen molar-refractivity contribution in [3.8, 4) is 11.5 Å². The smallest absolute Gasteiger partial charge is 0.257 e. The minimum Gasteiger partial charge on any atom is -0.486 e. The number of halogens is 2. The fourth-order valence-electron chi connectivity index (χ4n) is 3.20. The van der Waals surface area contributed by atoms with Crippen LogP contribution < -0.4 is 9.47 Å². The summed E-state index contributed by atoms with van der Waals surface area (Å²) >= 11 is 6.14. The summed E-state index contributed by atoms with van der Waals surface area (Å²) in [4.78, 5) is 14.7. The lowest BCUT2D eigenvalue weighted by Crippen LogP contribution is -2.42. The molecule has 26 heavy (non-hydrogen) atoms. The maximum absolute atomic E-state index is 13.3. The third-order valence-corrected chi connectivity index (χ3v) is 4.79. The van der Waals surface area contributed by atoms with Crippen molar-refractivity contribution in [2.75, 3.05) is 32.9 Å². The van der Waals surface area contributed by atoms with Crippen LogP contribution in [0.5, 0.6) is 11.5 Å². The maximum Gasteiger partial charge on any atom is 0.257 e. The summed E-state index contributed by atoms with van der Waals surface area (Å²) in [6, 6.07) is 9.47. The Labute approximate surface area is 155 Å². The van der Waals surface area contributed by atoms with Crippen molar-refractivity contribution < 1.29 is 23.4 Å². The highest BCUT2D eigenvalue weighted by molar-refractivity contribution is 6.31. The first-order chi connectivity index (χ1) is 12.6. The molecule has 0 bridgehead atoms. The number of hydrogen-bond acceptors (Lipinski definition) is 4. The van der Waals surface area contributed by atoms with Gasteiger partial charge in [0.1, 0.15) is 25.1 Å². The summed E-state index contributed by atoms with van der Waals surface area (Å²) in [5.41, 5.74) is 1.13. The lowest BCUT2D eigenvalue weighted by atomic mass is 10.1. The van der Waals surface area contributed by atoms with Crippen molar-refractivity contribution in [3.05, 3.63) is 58.4 Å². The Morgan fingerprint density at radius 1 is 1.15 bits per heavy atom. The Balaban J connectivity index is 1.57. The number of nitrogens with zero attached hydrogens (tertiary/aromatic N) is 1. The van der Waals surface area contributed by atoms with Crippen LogP contribution in [-0.4, -0.2) is 43.7 Å². The second-order valence-electron chi connectivity index (χ2n) is 6.11. The molecule has 0 aromatic heterocycles. The van der Waals surface area contributed by atoms with Crippen LogP contribution in [0, 0.1) is 5.82 Å². The van der Waals surface area contributed by atoms with Crippen LogP contribution in [0.1, 0.15) is 22.0 Å². The average molecular weight is 378 g/mol. The normalized spacial score (nSPS) is 19.3. The fourth-order valence-corrected chi connectivity index (χ4v) is 3.49. The highest BCUT2D eigenvalue weighted by Gasteiger charge is 2.30. The molecule has 2 aromatic carbocycles. The monoisotopic (exact) mass is 377 g/mol. The van der Waals surface area contributed by atoms with Gasteiger partial charge in [0, 0.05) is 17.1 Å². The zero-order valence-electron chi connectivity index (χ0n) is 13.9. The number of para-hydroxylation sites is 1. The van der Waals surface area contributed by atoms with Crippen molar-refractivity contribution in [3.63, 3.8) is 0 Å². The second-order valence-corrected chi connectivity index (χ2v) is 6.51. The quantitative estimate of drug-likeness (QED) is 0.804. The largest absolute Gasteiger partial charge is 0.486 e. The Morgan fingerprint density at radius 2 is 2.00 bits per heavy atom. The number of morpholine rings is 1. The van der Waals surface area contributed by atoms with Gasteiger partial charge in [0.2, 0.25) is 0 Å². The van der Waals surface area contributed by atoms with Gasteiger partial charge in [0.15, 0.2) is 11.5 Å². The molecule has 7 heteroatoms. The van der Waals surface area contributed by atoms with Crippen molar-refractivity contribution in [1.82, 2.24) is 4.90 Å². The van der Waals surface area contributed by atoms with E-state index in [9.17, 15) is 9.18 Å². The van der Waals surface area contributed by atoms with E-state index in [1.54, 1.807) is 29.2 Å². The van der Waals surface area contributed by atoms with Gasteiger partial charge in [-0.25, -0.2) is 4.39 Å². The van der Waals surface area contributed by atoms with Crippen LogP contribution in [0.25, 0.3) is 0 Å². The molecule has 0 saturated carbocycles. The van der Waals surface area contributed by atoms with Gasteiger partial charge in [-0.15, -0.1) is 0 Å². The zero-order chi connectivity index (χ0) is 18.1. The first kappa shape index (κ1) is 17.1. The molecule has 0 unspecified atom stereocenters. The number of rotatable bonds is 2. The maximum atomic E-state index is 13.3. The number of fused-ring (bicyclic) bond motifs is 1. The number of benzene rings is 2. The number of carbonyl (C=O) groups excluding carboxylic acids is 1. The topological polar surface area (TPSA) is 48.0 Å². The minimum absolute atomic E-state index is 0.154. The molecule has 2 aromatic rings. The van der Waals surface area contributed by atoms with Crippen LogP contribution in [0.2, 0.25) is 5.02 Å².